The van der Waals surface area contributed by atoms with Crippen LogP contribution in [0.3, 0.4) is 0 Å². The molecule has 3 aromatic carbocycles. The Labute approximate surface area is 200 Å². The van der Waals surface area contributed by atoms with Gasteiger partial charge < -0.3 is 9.80 Å². The second-order valence-corrected chi connectivity index (χ2v) is 9.65. The molecule has 7 rings (SSSR count). The minimum absolute atomic E-state index is 0.149. The van der Waals surface area contributed by atoms with Crippen LogP contribution < -0.4 is 9.80 Å². The predicted molar refractivity (Wildman–Crippen MR) is 137 cm³/mol. The van der Waals surface area contributed by atoms with Crippen LogP contribution in [0.1, 0.15) is 29.0 Å². The molecule has 0 aliphatic carbocycles. The number of nitrogens with zero attached hydrogens (tertiary/aromatic N) is 5. The first-order valence-electron chi connectivity index (χ1n) is 12.1. The number of hydrogen-bond donors (Lipinski definition) is 0. The summed E-state index contributed by atoms with van der Waals surface area (Å²) in [5.41, 5.74) is 8.91. The molecular weight excluding hydrogens is 418 g/mol. The highest BCUT2D eigenvalue weighted by Crippen LogP contribution is 2.52. The molecule has 5 nitrogen and oxygen atoms in total. The molecule has 3 unspecified atom stereocenters. The van der Waals surface area contributed by atoms with Gasteiger partial charge in [-0.1, -0.05) is 67.2 Å². The molecule has 3 aliphatic heterocycles. The van der Waals surface area contributed by atoms with E-state index >= 15 is 0 Å². The van der Waals surface area contributed by atoms with Crippen LogP contribution in [-0.4, -0.2) is 28.0 Å². The molecule has 0 saturated carbocycles. The van der Waals surface area contributed by atoms with E-state index in [-0.39, 0.29) is 12.1 Å². The third-order valence-corrected chi connectivity index (χ3v) is 8.02. The van der Waals surface area contributed by atoms with Crippen molar-refractivity contribution in [1.82, 2.24) is 14.8 Å². The van der Waals surface area contributed by atoms with E-state index in [9.17, 15) is 0 Å². The highest BCUT2D eigenvalue weighted by atomic mass is 15.4. The number of aryl methyl sites for hydroxylation is 1. The van der Waals surface area contributed by atoms with Gasteiger partial charge in [0.05, 0.1) is 11.4 Å². The minimum atomic E-state index is 0.149. The van der Waals surface area contributed by atoms with Gasteiger partial charge in [0.1, 0.15) is 12.5 Å². The lowest BCUT2D eigenvalue weighted by atomic mass is 9.78. The summed E-state index contributed by atoms with van der Waals surface area (Å²) in [6, 6.07) is 26.4. The van der Waals surface area contributed by atoms with Crippen LogP contribution in [0.4, 0.5) is 11.4 Å². The second-order valence-electron chi connectivity index (χ2n) is 9.65. The first kappa shape index (κ1) is 19.6. The highest BCUT2D eigenvalue weighted by molar-refractivity contribution is 5.79. The summed E-state index contributed by atoms with van der Waals surface area (Å²) >= 11 is 0. The highest BCUT2D eigenvalue weighted by Gasteiger charge is 2.47. The van der Waals surface area contributed by atoms with Crippen LogP contribution in [0, 0.1) is 5.92 Å². The van der Waals surface area contributed by atoms with Crippen molar-refractivity contribution in [2.24, 2.45) is 5.92 Å². The van der Waals surface area contributed by atoms with Crippen molar-refractivity contribution in [2.45, 2.75) is 31.5 Å². The Morgan fingerprint density at radius 3 is 2.50 bits per heavy atom. The van der Waals surface area contributed by atoms with Crippen molar-refractivity contribution in [3.05, 3.63) is 102 Å². The van der Waals surface area contributed by atoms with Crippen LogP contribution in [0.2, 0.25) is 0 Å². The van der Waals surface area contributed by atoms with Crippen molar-refractivity contribution >= 4 is 17.1 Å². The van der Waals surface area contributed by atoms with Gasteiger partial charge in [-0.05, 0) is 47.6 Å². The summed E-state index contributed by atoms with van der Waals surface area (Å²) < 4.78 is 2.00. The normalized spacial score (nSPS) is 22.7. The van der Waals surface area contributed by atoms with Crippen molar-refractivity contribution in [2.75, 3.05) is 16.8 Å². The van der Waals surface area contributed by atoms with Crippen molar-refractivity contribution in [3.63, 3.8) is 0 Å². The first-order chi connectivity index (χ1) is 16.7. The zero-order valence-corrected chi connectivity index (χ0v) is 19.3. The lowest BCUT2D eigenvalue weighted by Crippen LogP contribution is -2.48. The van der Waals surface area contributed by atoms with Crippen molar-refractivity contribution in [3.8, 4) is 11.4 Å². The molecule has 0 fully saturated rings. The molecule has 168 valence electrons. The molecule has 0 bridgehead atoms. The van der Waals surface area contributed by atoms with Gasteiger partial charge in [0, 0.05) is 30.8 Å². The molecule has 5 heteroatoms. The maximum atomic E-state index is 4.71. The number of rotatable bonds is 0. The average Bonchev–Trinajstić information content (AvgIpc) is 3.42. The fraction of sp³-hybridized carbons (Fsp3) is 0.241. The van der Waals surface area contributed by atoms with Gasteiger partial charge in [0.15, 0.2) is 5.82 Å². The van der Waals surface area contributed by atoms with E-state index in [1.807, 2.05) is 4.68 Å². The lowest BCUT2D eigenvalue weighted by molar-refractivity contribution is 0.398. The predicted octanol–water partition coefficient (Wildman–Crippen LogP) is 5.56. The quantitative estimate of drug-likeness (QED) is 0.355. The molecule has 4 heterocycles. The van der Waals surface area contributed by atoms with Gasteiger partial charge >= 0.3 is 0 Å². The Morgan fingerprint density at radius 2 is 1.62 bits per heavy atom. The Balaban J connectivity index is 1.48. The largest absolute Gasteiger partial charge is 0.352 e. The molecule has 0 saturated heterocycles. The number of para-hydroxylation sites is 2. The number of aromatic nitrogens is 3. The van der Waals surface area contributed by atoms with Crippen molar-refractivity contribution < 1.29 is 0 Å². The molecule has 0 N–H and O–H groups in total. The molecule has 0 amide bonds. The fourth-order valence-corrected chi connectivity index (χ4v) is 6.52. The van der Waals surface area contributed by atoms with Crippen LogP contribution in [0.15, 0.2) is 85.7 Å². The topological polar surface area (TPSA) is 37.2 Å². The molecular formula is C29H27N5. The average molecular weight is 446 g/mol. The summed E-state index contributed by atoms with van der Waals surface area (Å²) in [4.78, 5) is 9.73. The first-order valence-corrected chi connectivity index (χ1v) is 12.1. The van der Waals surface area contributed by atoms with Gasteiger partial charge in [0.25, 0.3) is 0 Å². The van der Waals surface area contributed by atoms with Crippen LogP contribution in [0.25, 0.3) is 17.1 Å². The van der Waals surface area contributed by atoms with Gasteiger partial charge in [-0.25, -0.2) is 9.67 Å². The van der Waals surface area contributed by atoms with Crippen LogP contribution >= 0.6 is 0 Å². The minimum Gasteiger partial charge on any atom is -0.352 e. The summed E-state index contributed by atoms with van der Waals surface area (Å²) in [6.07, 6.45) is 3.87. The van der Waals surface area contributed by atoms with Crippen LogP contribution in [0.5, 0.6) is 0 Å². The lowest BCUT2D eigenvalue weighted by Gasteiger charge is -2.39. The molecule has 0 radical (unpaired) electrons. The summed E-state index contributed by atoms with van der Waals surface area (Å²) in [6.45, 7) is 5.60. The van der Waals surface area contributed by atoms with E-state index in [1.54, 1.807) is 6.33 Å². The zero-order valence-electron chi connectivity index (χ0n) is 19.3. The van der Waals surface area contributed by atoms with E-state index in [2.05, 4.69) is 89.6 Å². The maximum absolute atomic E-state index is 4.71. The summed E-state index contributed by atoms with van der Waals surface area (Å²) in [7, 11) is 2.23. The summed E-state index contributed by atoms with van der Waals surface area (Å²) in [5, 5.41) is 4.71. The molecule has 34 heavy (non-hydrogen) atoms. The number of hydrogen-bond acceptors (Lipinski definition) is 4. The van der Waals surface area contributed by atoms with Gasteiger partial charge in [-0.15, -0.1) is 0 Å². The molecule has 1 aromatic heterocycles. The smallest absolute Gasteiger partial charge is 0.163 e. The third-order valence-electron chi connectivity index (χ3n) is 8.02. The Kier molecular flexibility index (Phi) is 4.22. The number of fused-ring (bicyclic) bond motifs is 10. The van der Waals surface area contributed by atoms with E-state index in [0.717, 1.165) is 36.5 Å². The second kappa shape index (κ2) is 7.32. The zero-order chi connectivity index (χ0) is 22.8. The van der Waals surface area contributed by atoms with E-state index in [4.69, 9.17) is 16.7 Å². The summed E-state index contributed by atoms with van der Waals surface area (Å²) in [5.74, 6) is 1.36. The fourth-order valence-electron chi connectivity index (χ4n) is 6.52. The monoisotopic (exact) mass is 445 g/mol. The van der Waals surface area contributed by atoms with Gasteiger partial charge in [-0.2, -0.15) is 5.10 Å². The van der Waals surface area contributed by atoms with Crippen LogP contribution in [-0.2, 0) is 13.0 Å². The standard InChI is InChI=1S/C29H27N5/c1-19-27-24(16-15-20-9-3-6-12-23(20)28-30-18-31-34(19)28)22-11-5-4-10-21(22)17-33-26-14-8-7-13-25(26)32(2)29(27)33/h3-14,18,24,27,29H,1,15-17H2,2H3. The van der Waals surface area contributed by atoms with E-state index in [0.29, 0.717) is 5.92 Å². The Hall–Kier alpha value is -3.86. The van der Waals surface area contributed by atoms with E-state index < -0.39 is 0 Å². The Morgan fingerprint density at radius 1 is 0.882 bits per heavy atom. The van der Waals surface area contributed by atoms with Crippen molar-refractivity contribution in [1.29, 1.82) is 0 Å². The SMILES string of the molecule is C=C1C2C(CCc3ccccc3-c3ncnn31)c1ccccc1CN1c3ccccc3N(C)C21. The molecule has 3 atom stereocenters. The molecule has 4 aromatic rings. The van der Waals surface area contributed by atoms with E-state index in [1.165, 1.54) is 28.1 Å². The number of benzene rings is 3. The Bertz CT molecular complexity index is 1420. The number of anilines is 2. The molecule has 0 spiro atoms. The van der Waals surface area contributed by atoms with Gasteiger partial charge in [-0.3, -0.25) is 0 Å². The maximum Gasteiger partial charge on any atom is 0.163 e. The third kappa shape index (κ3) is 2.67. The van der Waals surface area contributed by atoms with Gasteiger partial charge in [0.2, 0.25) is 0 Å². The molecule has 3 aliphatic rings.